The maximum absolute atomic E-state index is 12.3. The maximum Gasteiger partial charge on any atom is 0.241 e. The van der Waals surface area contributed by atoms with Gasteiger partial charge in [0.25, 0.3) is 0 Å². The molecule has 0 bridgehead atoms. The zero-order valence-corrected chi connectivity index (χ0v) is 14.5. The normalized spacial score (nSPS) is 14.8. The summed E-state index contributed by atoms with van der Waals surface area (Å²) < 4.78 is 5.78. The van der Waals surface area contributed by atoms with Crippen LogP contribution >= 0.6 is 12.4 Å². The fourth-order valence-electron chi connectivity index (χ4n) is 2.72. The van der Waals surface area contributed by atoms with Crippen LogP contribution in [0.3, 0.4) is 0 Å². The predicted octanol–water partition coefficient (Wildman–Crippen LogP) is 3.64. The van der Waals surface area contributed by atoms with E-state index in [1.165, 1.54) is 0 Å². The van der Waals surface area contributed by atoms with E-state index in [4.69, 9.17) is 10.2 Å². The second-order valence-corrected chi connectivity index (χ2v) is 6.29. The van der Waals surface area contributed by atoms with E-state index in [2.05, 4.69) is 10.3 Å². The molecule has 1 amide bonds. The molecule has 130 valence electrons. The number of aromatic nitrogens is 1. The summed E-state index contributed by atoms with van der Waals surface area (Å²) >= 11 is 0. The third-order valence-electron chi connectivity index (χ3n) is 4.23. The van der Waals surface area contributed by atoms with Crippen LogP contribution in [0.2, 0.25) is 0 Å². The van der Waals surface area contributed by atoms with Crippen molar-refractivity contribution in [2.24, 2.45) is 5.73 Å². The van der Waals surface area contributed by atoms with Gasteiger partial charge in [-0.3, -0.25) is 4.79 Å². The number of oxazole rings is 1. The van der Waals surface area contributed by atoms with Gasteiger partial charge in [0.2, 0.25) is 5.91 Å². The van der Waals surface area contributed by atoms with Gasteiger partial charge in [0.1, 0.15) is 5.52 Å². The summed E-state index contributed by atoms with van der Waals surface area (Å²) in [7, 11) is 0. The molecular weight excluding hydrogens is 338 g/mol. The second-order valence-electron chi connectivity index (χ2n) is 6.29. The van der Waals surface area contributed by atoms with Crippen molar-refractivity contribution < 1.29 is 9.21 Å². The smallest absolute Gasteiger partial charge is 0.241 e. The van der Waals surface area contributed by atoms with E-state index in [-0.39, 0.29) is 18.3 Å². The van der Waals surface area contributed by atoms with Crippen LogP contribution in [0.5, 0.6) is 0 Å². The van der Waals surface area contributed by atoms with Crippen LogP contribution in [0.1, 0.15) is 30.2 Å². The molecule has 1 heterocycles. The van der Waals surface area contributed by atoms with Crippen LogP contribution in [0, 0.1) is 0 Å². The Bertz CT molecular complexity index is 875. The van der Waals surface area contributed by atoms with Crippen LogP contribution in [0.25, 0.3) is 11.1 Å². The Hall–Kier alpha value is -2.37. The number of rotatable bonds is 5. The number of carbonyl (C=O) groups excluding carboxylic acids is 1. The van der Waals surface area contributed by atoms with E-state index in [0.717, 1.165) is 29.8 Å². The SMILES string of the molecule is Cl.N[C@@H](Cc1ccccc1)C(=O)Nc1ccc2nc(C3CC3)oc2c1. The number of nitrogens with zero attached hydrogens (tertiary/aromatic N) is 1. The van der Waals surface area contributed by atoms with Gasteiger partial charge >= 0.3 is 0 Å². The van der Waals surface area contributed by atoms with Crippen molar-refractivity contribution in [1.29, 1.82) is 0 Å². The number of nitrogens with one attached hydrogen (secondary N) is 1. The number of halogens is 1. The van der Waals surface area contributed by atoms with Crippen molar-refractivity contribution in [1.82, 2.24) is 4.98 Å². The lowest BCUT2D eigenvalue weighted by molar-refractivity contribution is -0.117. The molecule has 3 aromatic rings. The number of amides is 1. The predicted molar refractivity (Wildman–Crippen MR) is 100.0 cm³/mol. The van der Waals surface area contributed by atoms with Crippen molar-refractivity contribution in [3.8, 4) is 0 Å². The van der Waals surface area contributed by atoms with E-state index < -0.39 is 6.04 Å². The molecule has 1 saturated carbocycles. The van der Waals surface area contributed by atoms with Crippen LogP contribution in [-0.4, -0.2) is 16.9 Å². The van der Waals surface area contributed by atoms with Crippen LogP contribution in [0.4, 0.5) is 5.69 Å². The van der Waals surface area contributed by atoms with Gasteiger partial charge in [0, 0.05) is 17.7 Å². The monoisotopic (exact) mass is 357 g/mol. The number of fused-ring (bicyclic) bond motifs is 1. The Morgan fingerprint density at radius 3 is 2.72 bits per heavy atom. The lowest BCUT2D eigenvalue weighted by Crippen LogP contribution is -2.37. The van der Waals surface area contributed by atoms with Crippen molar-refractivity contribution >= 4 is 35.1 Å². The van der Waals surface area contributed by atoms with Crippen molar-refractivity contribution in [2.45, 2.75) is 31.2 Å². The standard InChI is InChI=1S/C19H19N3O2.ClH/c20-15(10-12-4-2-1-3-5-12)18(23)21-14-8-9-16-17(11-14)24-19(22-16)13-6-7-13;/h1-5,8-9,11,13,15H,6-7,10,20H2,(H,21,23);1H/t15-;/m0./s1. The number of hydrogen-bond donors (Lipinski definition) is 2. The second kappa shape index (κ2) is 7.25. The van der Waals surface area contributed by atoms with Crippen LogP contribution < -0.4 is 11.1 Å². The Kier molecular flexibility index (Phi) is 5.06. The third-order valence-corrected chi connectivity index (χ3v) is 4.23. The number of nitrogens with two attached hydrogens (primary N) is 1. The molecule has 0 spiro atoms. The molecule has 2 aromatic carbocycles. The highest BCUT2D eigenvalue weighted by Crippen LogP contribution is 2.40. The van der Waals surface area contributed by atoms with Crippen LogP contribution in [-0.2, 0) is 11.2 Å². The summed E-state index contributed by atoms with van der Waals surface area (Å²) in [6.45, 7) is 0. The first-order valence-electron chi connectivity index (χ1n) is 8.20. The fraction of sp³-hybridized carbons (Fsp3) is 0.263. The molecule has 1 aromatic heterocycles. The summed E-state index contributed by atoms with van der Waals surface area (Å²) in [5, 5.41) is 2.86. The Morgan fingerprint density at radius 2 is 2.00 bits per heavy atom. The van der Waals surface area contributed by atoms with Crippen molar-refractivity contribution in [3.05, 3.63) is 60.0 Å². The lowest BCUT2D eigenvalue weighted by atomic mass is 10.1. The van der Waals surface area contributed by atoms with Gasteiger partial charge in [0.15, 0.2) is 11.5 Å². The van der Waals surface area contributed by atoms with E-state index in [0.29, 0.717) is 23.6 Å². The average Bonchev–Trinajstić information content (AvgIpc) is 3.35. The maximum atomic E-state index is 12.3. The van der Waals surface area contributed by atoms with Crippen molar-refractivity contribution in [3.63, 3.8) is 0 Å². The minimum absolute atomic E-state index is 0. The fourth-order valence-corrected chi connectivity index (χ4v) is 2.72. The van der Waals surface area contributed by atoms with E-state index >= 15 is 0 Å². The molecule has 0 unspecified atom stereocenters. The Labute approximate surface area is 152 Å². The van der Waals surface area contributed by atoms with Gasteiger partial charge in [-0.05, 0) is 37.0 Å². The molecule has 6 heteroatoms. The molecule has 0 saturated heterocycles. The van der Waals surface area contributed by atoms with Crippen LogP contribution in [0.15, 0.2) is 52.9 Å². The minimum atomic E-state index is -0.597. The third kappa shape index (κ3) is 4.00. The quantitative estimate of drug-likeness (QED) is 0.730. The molecule has 0 aliphatic heterocycles. The van der Waals surface area contributed by atoms with Gasteiger partial charge in [-0.15, -0.1) is 12.4 Å². The summed E-state index contributed by atoms with van der Waals surface area (Å²) in [5.41, 5.74) is 9.25. The molecule has 5 nitrogen and oxygen atoms in total. The molecule has 1 aliphatic rings. The highest BCUT2D eigenvalue weighted by molar-refractivity contribution is 5.96. The first-order valence-corrected chi connectivity index (χ1v) is 8.20. The molecular formula is C19H20ClN3O2. The summed E-state index contributed by atoms with van der Waals surface area (Å²) in [6, 6.07) is 14.7. The van der Waals surface area contributed by atoms with Gasteiger partial charge in [0.05, 0.1) is 6.04 Å². The van der Waals surface area contributed by atoms with Gasteiger partial charge in [-0.2, -0.15) is 0 Å². The Balaban J connectivity index is 0.00000182. The topological polar surface area (TPSA) is 81.2 Å². The molecule has 1 fully saturated rings. The first-order chi connectivity index (χ1) is 11.7. The number of benzene rings is 2. The number of carbonyl (C=O) groups is 1. The Morgan fingerprint density at radius 1 is 1.24 bits per heavy atom. The summed E-state index contributed by atoms with van der Waals surface area (Å²) in [4.78, 5) is 16.8. The molecule has 4 rings (SSSR count). The van der Waals surface area contributed by atoms with E-state index in [1.54, 1.807) is 6.07 Å². The molecule has 3 N–H and O–H groups in total. The van der Waals surface area contributed by atoms with E-state index in [1.807, 2.05) is 42.5 Å². The van der Waals surface area contributed by atoms with Crippen molar-refractivity contribution in [2.75, 3.05) is 5.32 Å². The lowest BCUT2D eigenvalue weighted by Gasteiger charge is -2.12. The van der Waals surface area contributed by atoms with E-state index in [9.17, 15) is 4.79 Å². The highest BCUT2D eigenvalue weighted by Gasteiger charge is 2.28. The zero-order chi connectivity index (χ0) is 16.5. The van der Waals surface area contributed by atoms with Gasteiger partial charge in [-0.1, -0.05) is 30.3 Å². The number of hydrogen-bond acceptors (Lipinski definition) is 4. The molecule has 1 aliphatic carbocycles. The molecule has 1 atom stereocenters. The zero-order valence-electron chi connectivity index (χ0n) is 13.6. The summed E-state index contributed by atoms with van der Waals surface area (Å²) in [6.07, 6.45) is 2.79. The van der Waals surface area contributed by atoms with Gasteiger partial charge in [-0.25, -0.2) is 4.98 Å². The highest BCUT2D eigenvalue weighted by atomic mass is 35.5. The van der Waals surface area contributed by atoms with Gasteiger partial charge < -0.3 is 15.5 Å². The molecule has 0 radical (unpaired) electrons. The molecule has 25 heavy (non-hydrogen) atoms. The minimum Gasteiger partial charge on any atom is -0.440 e. The first kappa shape index (κ1) is 17.5. The number of anilines is 1. The average molecular weight is 358 g/mol. The summed E-state index contributed by atoms with van der Waals surface area (Å²) in [5.74, 6) is 1.06. The largest absolute Gasteiger partial charge is 0.440 e.